The molecule has 0 radical (unpaired) electrons. The number of nitrogens with one attached hydrogen (secondary N) is 1. The Labute approximate surface area is 118 Å². The standard InChI is InChI=1S/C16H17ClFN/c1-2-3-12-4-7-15(8-5-12)19-11-13-10-14(17)6-9-16(13)18/h4-10,19H,2-3,11H2,1H3. The summed E-state index contributed by atoms with van der Waals surface area (Å²) in [6.07, 6.45) is 2.23. The molecule has 19 heavy (non-hydrogen) atoms. The molecule has 0 heterocycles. The van der Waals surface area contributed by atoms with Crippen molar-refractivity contribution in [3.8, 4) is 0 Å². The molecule has 2 rings (SSSR count). The molecule has 0 atom stereocenters. The highest BCUT2D eigenvalue weighted by Crippen LogP contribution is 2.17. The molecule has 0 spiro atoms. The summed E-state index contributed by atoms with van der Waals surface area (Å²) in [4.78, 5) is 0. The minimum Gasteiger partial charge on any atom is -0.381 e. The van der Waals surface area contributed by atoms with Gasteiger partial charge in [0.1, 0.15) is 5.82 Å². The van der Waals surface area contributed by atoms with Crippen LogP contribution in [-0.4, -0.2) is 0 Å². The molecule has 3 heteroatoms. The first-order valence-corrected chi connectivity index (χ1v) is 6.83. The molecule has 0 fully saturated rings. The fourth-order valence-corrected chi connectivity index (χ4v) is 2.15. The fraction of sp³-hybridized carbons (Fsp3) is 0.250. The molecule has 1 nitrogen and oxygen atoms in total. The van der Waals surface area contributed by atoms with Crippen molar-refractivity contribution in [2.45, 2.75) is 26.3 Å². The van der Waals surface area contributed by atoms with E-state index >= 15 is 0 Å². The second kappa shape index (κ2) is 6.58. The van der Waals surface area contributed by atoms with Gasteiger partial charge in [-0.15, -0.1) is 0 Å². The number of hydrogen-bond acceptors (Lipinski definition) is 1. The fourth-order valence-electron chi connectivity index (χ4n) is 1.95. The molecule has 1 N–H and O–H groups in total. The number of halogens is 2. The summed E-state index contributed by atoms with van der Waals surface area (Å²) in [7, 11) is 0. The summed E-state index contributed by atoms with van der Waals surface area (Å²) in [5.74, 6) is -0.237. The number of anilines is 1. The van der Waals surface area contributed by atoms with Crippen LogP contribution in [0.2, 0.25) is 5.02 Å². The second-order valence-electron chi connectivity index (χ2n) is 4.54. The predicted molar refractivity (Wildman–Crippen MR) is 79.2 cm³/mol. The summed E-state index contributed by atoms with van der Waals surface area (Å²) in [6.45, 7) is 2.59. The van der Waals surface area contributed by atoms with E-state index in [2.05, 4.69) is 24.4 Å². The summed E-state index contributed by atoms with van der Waals surface area (Å²) < 4.78 is 13.5. The molecular weight excluding hydrogens is 261 g/mol. The zero-order valence-corrected chi connectivity index (χ0v) is 11.7. The van der Waals surface area contributed by atoms with E-state index in [9.17, 15) is 4.39 Å². The largest absolute Gasteiger partial charge is 0.381 e. The lowest BCUT2D eigenvalue weighted by atomic mass is 10.1. The monoisotopic (exact) mass is 277 g/mol. The molecule has 0 aliphatic carbocycles. The van der Waals surface area contributed by atoms with Crippen LogP contribution < -0.4 is 5.32 Å². The van der Waals surface area contributed by atoms with Crippen LogP contribution in [0, 0.1) is 5.82 Å². The zero-order chi connectivity index (χ0) is 13.7. The van der Waals surface area contributed by atoms with Crippen LogP contribution in [0.5, 0.6) is 0 Å². The lowest BCUT2D eigenvalue weighted by Gasteiger charge is -2.08. The highest BCUT2D eigenvalue weighted by Gasteiger charge is 2.02. The third-order valence-corrected chi connectivity index (χ3v) is 3.22. The Balaban J connectivity index is 2.00. The molecule has 0 saturated heterocycles. The van der Waals surface area contributed by atoms with Crippen molar-refractivity contribution in [3.63, 3.8) is 0 Å². The van der Waals surface area contributed by atoms with Gasteiger partial charge in [0, 0.05) is 22.8 Å². The van der Waals surface area contributed by atoms with E-state index in [1.807, 2.05) is 12.1 Å². The van der Waals surface area contributed by atoms with Crippen molar-refractivity contribution in [3.05, 3.63) is 64.4 Å². The van der Waals surface area contributed by atoms with Gasteiger partial charge in [0.05, 0.1) is 0 Å². The quantitative estimate of drug-likeness (QED) is 0.807. The third kappa shape index (κ3) is 3.97. The Hall–Kier alpha value is -1.54. The van der Waals surface area contributed by atoms with E-state index in [0.717, 1.165) is 18.5 Å². The number of hydrogen-bond donors (Lipinski definition) is 1. The van der Waals surface area contributed by atoms with Crippen LogP contribution in [0.15, 0.2) is 42.5 Å². The molecular formula is C16H17ClFN. The van der Waals surface area contributed by atoms with E-state index in [1.165, 1.54) is 11.6 Å². The maximum Gasteiger partial charge on any atom is 0.128 e. The van der Waals surface area contributed by atoms with Crippen molar-refractivity contribution in [2.24, 2.45) is 0 Å². The van der Waals surface area contributed by atoms with Crippen LogP contribution in [0.25, 0.3) is 0 Å². The highest BCUT2D eigenvalue weighted by atomic mass is 35.5. The molecule has 0 aromatic heterocycles. The van der Waals surface area contributed by atoms with Crippen LogP contribution in [0.1, 0.15) is 24.5 Å². The van der Waals surface area contributed by atoms with E-state index in [4.69, 9.17) is 11.6 Å². The van der Waals surface area contributed by atoms with Gasteiger partial charge >= 0.3 is 0 Å². The van der Waals surface area contributed by atoms with Crippen molar-refractivity contribution in [1.82, 2.24) is 0 Å². The first-order chi connectivity index (χ1) is 9.19. The molecule has 0 saturated carbocycles. The highest BCUT2D eigenvalue weighted by molar-refractivity contribution is 6.30. The van der Waals surface area contributed by atoms with Gasteiger partial charge < -0.3 is 5.32 Å². The molecule has 0 aliphatic rings. The van der Waals surface area contributed by atoms with Crippen molar-refractivity contribution in [2.75, 3.05) is 5.32 Å². The van der Waals surface area contributed by atoms with Crippen molar-refractivity contribution < 1.29 is 4.39 Å². The lowest BCUT2D eigenvalue weighted by Crippen LogP contribution is -2.01. The van der Waals surface area contributed by atoms with E-state index in [-0.39, 0.29) is 5.82 Å². The second-order valence-corrected chi connectivity index (χ2v) is 4.97. The summed E-state index contributed by atoms with van der Waals surface area (Å²) in [6, 6.07) is 12.8. The van der Waals surface area contributed by atoms with Gasteiger partial charge in [-0.2, -0.15) is 0 Å². The van der Waals surface area contributed by atoms with Gasteiger partial charge in [-0.25, -0.2) is 4.39 Å². The van der Waals surface area contributed by atoms with Crippen LogP contribution in [-0.2, 0) is 13.0 Å². The average molecular weight is 278 g/mol. The number of benzene rings is 2. The average Bonchev–Trinajstić information content (AvgIpc) is 2.42. The first-order valence-electron chi connectivity index (χ1n) is 6.46. The Bertz CT molecular complexity index is 537. The van der Waals surface area contributed by atoms with Crippen LogP contribution >= 0.6 is 11.6 Å². The molecule has 0 bridgehead atoms. The predicted octanol–water partition coefficient (Wildman–Crippen LogP) is 5.04. The van der Waals surface area contributed by atoms with E-state index in [0.29, 0.717) is 17.1 Å². The summed E-state index contributed by atoms with van der Waals surface area (Å²) >= 11 is 5.86. The Morgan fingerprint density at radius 2 is 1.84 bits per heavy atom. The normalized spacial score (nSPS) is 10.5. The maximum atomic E-state index is 13.5. The van der Waals surface area contributed by atoms with Crippen LogP contribution in [0.4, 0.5) is 10.1 Å². The number of rotatable bonds is 5. The zero-order valence-electron chi connectivity index (χ0n) is 10.9. The Morgan fingerprint density at radius 3 is 2.53 bits per heavy atom. The molecule has 2 aromatic carbocycles. The van der Waals surface area contributed by atoms with Gasteiger partial charge in [-0.3, -0.25) is 0 Å². The van der Waals surface area contributed by atoms with Crippen LogP contribution in [0.3, 0.4) is 0 Å². The summed E-state index contributed by atoms with van der Waals surface area (Å²) in [5.41, 5.74) is 2.88. The smallest absolute Gasteiger partial charge is 0.128 e. The van der Waals surface area contributed by atoms with Gasteiger partial charge in [-0.05, 0) is 42.3 Å². The van der Waals surface area contributed by atoms with Crippen molar-refractivity contribution >= 4 is 17.3 Å². The molecule has 0 aliphatic heterocycles. The minimum atomic E-state index is -0.237. The van der Waals surface area contributed by atoms with E-state index < -0.39 is 0 Å². The van der Waals surface area contributed by atoms with Gasteiger partial charge in [0.15, 0.2) is 0 Å². The summed E-state index contributed by atoms with van der Waals surface area (Å²) in [5, 5.41) is 3.75. The molecule has 2 aromatic rings. The third-order valence-electron chi connectivity index (χ3n) is 2.98. The first kappa shape index (κ1) is 13.9. The lowest BCUT2D eigenvalue weighted by molar-refractivity contribution is 0.613. The topological polar surface area (TPSA) is 12.0 Å². The molecule has 0 amide bonds. The van der Waals surface area contributed by atoms with E-state index in [1.54, 1.807) is 12.1 Å². The Morgan fingerprint density at radius 1 is 1.11 bits per heavy atom. The number of aryl methyl sites for hydroxylation is 1. The van der Waals surface area contributed by atoms with Gasteiger partial charge in [0.2, 0.25) is 0 Å². The Kier molecular flexibility index (Phi) is 4.80. The molecule has 0 unspecified atom stereocenters. The minimum absolute atomic E-state index is 0.237. The van der Waals surface area contributed by atoms with Gasteiger partial charge in [-0.1, -0.05) is 37.1 Å². The van der Waals surface area contributed by atoms with Gasteiger partial charge in [0.25, 0.3) is 0 Å². The van der Waals surface area contributed by atoms with Crippen molar-refractivity contribution in [1.29, 1.82) is 0 Å². The SMILES string of the molecule is CCCc1ccc(NCc2cc(Cl)ccc2F)cc1. The molecule has 100 valence electrons. The maximum absolute atomic E-state index is 13.5.